The lowest BCUT2D eigenvalue weighted by Crippen LogP contribution is -2.15. The summed E-state index contributed by atoms with van der Waals surface area (Å²) in [6.07, 6.45) is 0. The molecule has 0 saturated heterocycles. The van der Waals surface area contributed by atoms with Crippen LogP contribution in [0.25, 0.3) is 0 Å². The van der Waals surface area contributed by atoms with Gasteiger partial charge < -0.3 is 0 Å². The first-order valence-electron chi connectivity index (χ1n) is 5.77. The van der Waals surface area contributed by atoms with Crippen molar-refractivity contribution in [2.45, 2.75) is 52.4 Å². The summed E-state index contributed by atoms with van der Waals surface area (Å²) in [5, 5.41) is 0. The van der Waals surface area contributed by atoms with Crippen molar-refractivity contribution in [2.24, 2.45) is 0 Å². The standard InChI is InChI=1S/C14H21.2HI.Mg/c1-13(2,3)11-8-7-9-12(10-11)14(4,5)6;;;/h8-10H,1-6H3;2*1H;/q;;;+2/p-2. The van der Waals surface area contributed by atoms with Gasteiger partial charge in [0.05, 0.1) is 0 Å². The molecule has 93 valence electrons. The van der Waals surface area contributed by atoms with Crippen molar-refractivity contribution in [2.75, 3.05) is 0 Å². The monoisotopic (exact) mass is 467 g/mol. The van der Waals surface area contributed by atoms with Crippen LogP contribution < -0.4 is 0 Å². The van der Waals surface area contributed by atoms with Crippen molar-refractivity contribution >= 4 is 50.3 Å². The van der Waals surface area contributed by atoms with E-state index in [9.17, 15) is 0 Å². The molecule has 0 fully saturated rings. The minimum absolute atomic E-state index is 0.220. The molecule has 1 aromatic rings. The number of hydrogen-bond donors (Lipinski definition) is 0. The Kier molecular flexibility index (Phi) is 8.57. The largest absolute Gasteiger partial charge is 0.552 e. The Hall–Kier alpha value is 1.45. The van der Waals surface area contributed by atoms with Gasteiger partial charge in [0.2, 0.25) is 0 Å². The first kappa shape index (κ1) is 18.4. The van der Waals surface area contributed by atoms with Gasteiger partial charge in [-0.3, -0.25) is 37.7 Å². The van der Waals surface area contributed by atoms with E-state index >= 15 is 0 Å². The molecule has 0 unspecified atom stereocenters. The van der Waals surface area contributed by atoms with E-state index in [4.69, 9.17) is 0 Å². The highest BCUT2D eigenvalue weighted by Crippen LogP contribution is 2.28. The highest BCUT2D eigenvalue weighted by Gasteiger charge is 2.18. The summed E-state index contributed by atoms with van der Waals surface area (Å²) in [5.74, 6) is 0. The van der Waals surface area contributed by atoms with E-state index in [0.717, 1.165) is 0 Å². The molecule has 0 aliphatic rings. The molecule has 0 bridgehead atoms. The average molecular weight is 467 g/mol. The minimum atomic E-state index is 0.220. The molecule has 17 heavy (non-hydrogen) atoms. The molecule has 1 rings (SSSR count). The zero-order chi connectivity index (χ0) is 13.7. The summed E-state index contributed by atoms with van der Waals surface area (Å²) < 4.78 is 0. The third-order valence-corrected chi connectivity index (χ3v) is 2.52. The number of halogens is 2. The smallest absolute Gasteiger partial charge is 0.276 e. The van der Waals surface area contributed by atoms with Gasteiger partial charge in [0, 0.05) is 0 Å². The molecule has 0 atom stereocenters. The Balaban J connectivity index is 0.000000770. The van der Waals surface area contributed by atoms with Gasteiger partial charge in [-0.2, -0.15) is 0 Å². The molecule has 0 saturated carbocycles. The minimum Gasteiger partial charge on any atom is -0.276 e. The Morgan fingerprint density at radius 2 is 1.18 bits per heavy atom. The quantitative estimate of drug-likeness (QED) is 0.351. The van der Waals surface area contributed by atoms with Crippen molar-refractivity contribution in [3.8, 4) is 0 Å². The maximum absolute atomic E-state index is 3.24. The molecule has 0 nitrogen and oxygen atoms in total. The molecule has 1 aromatic carbocycles. The van der Waals surface area contributed by atoms with E-state index in [2.05, 4.69) is 104 Å². The fourth-order valence-corrected chi connectivity index (χ4v) is 1.34. The molecule has 0 N–H and O–H groups in total. The number of rotatable bonds is 0. The lowest BCUT2D eigenvalue weighted by molar-refractivity contribution is 0.568. The SMILES string of the molecule is CC(C)(C)c1c[c]cc(C(C)(C)C)c1.[I][Mg][I]. The first-order valence-corrected chi connectivity index (χ1v) is 16.0. The lowest BCUT2D eigenvalue weighted by atomic mass is 9.81. The Morgan fingerprint density at radius 1 is 0.882 bits per heavy atom. The third kappa shape index (κ3) is 7.57. The summed E-state index contributed by atoms with van der Waals surface area (Å²) in [7, 11) is 0. The maximum Gasteiger partial charge on any atom is 0.552 e. The van der Waals surface area contributed by atoms with Gasteiger partial charge in [-0.1, -0.05) is 59.7 Å². The van der Waals surface area contributed by atoms with E-state index in [0.29, 0.717) is 12.6 Å². The molecule has 3 heteroatoms. The van der Waals surface area contributed by atoms with Crippen molar-refractivity contribution in [3.05, 3.63) is 35.4 Å². The molecule has 1 radical (unpaired) electrons. The second kappa shape index (κ2) is 7.90. The van der Waals surface area contributed by atoms with E-state index < -0.39 is 0 Å². The van der Waals surface area contributed by atoms with Crippen LogP contribution in [0.15, 0.2) is 18.2 Å². The van der Waals surface area contributed by atoms with Gasteiger partial charge in [-0.05, 0) is 28.0 Å². The van der Waals surface area contributed by atoms with Crippen LogP contribution in [0.5, 0.6) is 0 Å². The van der Waals surface area contributed by atoms with Crippen LogP contribution in [-0.4, -0.2) is 12.6 Å². The van der Waals surface area contributed by atoms with Crippen molar-refractivity contribution in [3.63, 3.8) is 0 Å². The Morgan fingerprint density at radius 3 is 1.41 bits per heavy atom. The fourth-order valence-electron chi connectivity index (χ4n) is 1.34. The van der Waals surface area contributed by atoms with Crippen LogP contribution in [0.4, 0.5) is 0 Å². The second-order valence-corrected chi connectivity index (χ2v) is 19.6. The van der Waals surface area contributed by atoms with Crippen LogP contribution in [0.1, 0.15) is 52.7 Å². The van der Waals surface area contributed by atoms with E-state index in [1.54, 1.807) is 0 Å². The average Bonchev–Trinajstić information content (AvgIpc) is 2.16. The van der Waals surface area contributed by atoms with Crippen molar-refractivity contribution in [1.82, 2.24) is 0 Å². The molecule has 0 heterocycles. The van der Waals surface area contributed by atoms with Gasteiger partial charge >= 0.3 is 12.6 Å². The van der Waals surface area contributed by atoms with Crippen LogP contribution in [-0.2, 0) is 10.8 Å². The van der Waals surface area contributed by atoms with Gasteiger partial charge in [0.15, 0.2) is 0 Å². The number of hydrogen-bond acceptors (Lipinski definition) is 0. The van der Waals surface area contributed by atoms with Crippen molar-refractivity contribution in [1.29, 1.82) is 0 Å². The topological polar surface area (TPSA) is 0 Å². The van der Waals surface area contributed by atoms with E-state index in [1.807, 2.05) is 0 Å². The lowest BCUT2D eigenvalue weighted by Gasteiger charge is -2.24. The normalized spacial score (nSPS) is 11.3. The van der Waals surface area contributed by atoms with Crippen LogP contribution in [0, 0.1) is 6.07 Å². The Labute approximate surface area is 136 Å². The predicted octanol–water partition coefficient (Wildman–Crippen LogP) is 5.47. The predicted molar refractivity (Wildman–Crippen MR) is 96.5 cm³/mol. The molecular formula is C14H21I2Mg. The summed E-state index contributed by atoms with van der Waals surface area (Å²) >= 11 is 5.18. The highest BCUT2D eigenvalue weighted by molar-refractivity contribution is 14.3. The van der Waals surface area contributed by atoms with Gasteiger partial charge in [-0.15, -0.1) is 0 Å². The fraction of sp³-hybridized carbons (Fsp3) is 0.571. The summed E-state index contributed by atoms with van der Waals surface area (Å²) in [6.45, 7) is 13.4. The molecular weight excluding hydrogens is 446 g/mol. The van der Waals surface area contributed by atoms with Crippen LogP contribution in [0.3, 0.4) is 0 Å². The van der Waals surface area contributed by atoms with Gasteiger partial charge in [-0.25, -0.2) is 0 Å². The highest BCUT2D eigenvalue weighted by atomic mass is 127. The summed E-state index contributed by atoms with van der Waals surface area (Å²) in [5.41, 5.74) is 3.17. The molecule has 0 aromatic heterocycles. The van der Waals surface area contributed by atoms with Gasteiger partial charge in [0.1, 0.15) is 0 Å². The van der Waals surface area contributed by atoms with Gasteiger partial charge in [0.25, 0.3) is 0 Å². The second-order valence-electron chi connectivity index (χ2n) is 6.11. The van der Waals surface area contributed by atoms with Crippen molar-refractivity contribution < 1.29 is 0 Å². The summed E-state index contributed by atoms with van der Waals surface area (Å²) in [6, 6.07) is 9.73. The van der Waals surface area contributed by atoms with E-state index in [-0.39, 0.29) is 10.8 Å². The van der Waals surface area contributed by atoms with E-state index in [1.165, 1.54) is 11.1 Å². The maximum atomic E-state index is 3.24. The first-order chi connectivity index (χ1) is 7.62. The van der Waals surface area contributed by atoms with Crippen LogP contribution in [0.2, 0.25) is 0 Å². The molecule has 0 aliphatic carbocycles. The zero-order valence-electron chi connectivity index (χ0n) is 11.7. The Bertz CT molecular complexity index is 306. The molecule has 0 aliphatic heterocycles. The summed E-state index contributed by atoms with van der Waals surface area (Å²) in [4.78, 5) is 0. The zero-order valence-corrected chi connectivity index (χ0v) is 17.4. The molecule has 0 amide bonds. The third-order valence-electron chi connectivity index (χ3n) is 2.52. The number of benzene rings is 1. The molecule has 0 spiro atoms. The van der Waals surface area contributed by atoms with Crippen LogP contribution >= 0.6 is 37.7 Å².